The number of rotatable bonds is 6. The number of anilines is 5. The van der Waals surface area contributed by atoms with E-state index in [0.717, 1.165) is 52.0 Å². The largest absolute Gasteiger partial charge is 0.340 e. The van der Waals surface area contributed by atoms with Gasteiger partial charge < -0.3 is 9.80 Å². The number of hydrogen-bond donors (Lipinski definition) is 0. The van der Waals surface area contributed by atoms with Gasteiger partial charge in [-0.1, -0.05) is 133 Å². The van der Waals surface area contributed by atoms with Gasteiger partial charge in [0.05, 0.1) is 11.4 Å². The molecule has 1 heterocycles. The average molecular weight is 671 g/mol. The molecule has 0 N–H and O–H groups in total. The molecule has 3 heteroatoms. The van der Waals surface area contributed by atoms with Crippen molar-refractivity contribution in [1.82, 2.24) is 0 Å². The molecule has 52 heavy (non-hydrogen) atoms. The Bertz CT molecular complexity index is 2750. The molecule has 9 aromatic carbocycles. The zero-order chi connectivity index (χ0) is 34.8. The maximum atomic E-state index is 17.5. The summed E-state index contributed by atoms with van der Waals surface area (Å²) < 4.78 is 17.5. The number of benzene rings is 9. The van der Waals surface area contributed by atoms with Crippen molar-refractivity contribution in [2.45, 2.75) is 13.3 Å². The SMILES string of the molecule is Cc1ccc(N(c2cc(-c3ccccc3)cc(-c3ccccc3)c2F)c2ccc3ccc4c(N5CCc6ccccc65)ccc5ccc2c3c54)cc1. The molecule has 1 aliphatic rings. The van der Waals surface area contributed by atoms with Gasteiger partial charge in [-0.05, 0) is 99.6 Å². The van der Waals surface area contributed by atoms with Crippen LogP contribution in [0.25, 0.3) is 54.6 Å². The Balaban J connectivity index is 1.25. The molecule has 0 saturated heterocycles. The normalized spacial score (nSPS) is 12.6. The highest BCUT2D eigenvalue weighted by atomic mass is 19.1. The molecule has 9 aromatic rings. The summed E-state index contributed by atoms with van der Waals surface area (Å²) in [6.07, 6.45) is 1.03. The molecule has 0 spiro atoms. The molecule has 0 aromatic heterocycles. The molecular weight excluding hydrogens is 636 g/mol. The van der Waals surface area contributed by atoms with Crippen LogP contribution in [0.3, 0.4) is 0 Å². The Morgan fingerprint density at radius 2 is 1.15 bits per heavy atom. The van der Waals surface area contributed by atoms with Crippen molar-refractivity contribution < 1.29 is 4.39 Å². The maximum Gasteiger partial charge on any atom is 0.155 e. The third-order valence-corrected chi connectivity index (χ3v) is 10.8. The van der Waals surface area contributed by atoms with Gasteiger partial charge in [0, 0.05) is 39.9 Å². The average Bonchev–Trinajstić information content (AvgIpc) is 3.63. The van der Waals surface area contributed by atoms with Crippen molar-refractivity contribution in [3.63, 3.8) is 0 Å². The van der Waals surface area contributed by atoms with Gasteiger partial charge in [-0.25, -0.2) is 4.39 Å². The lowest BCUT2D eigenvalue weighted by Crippen LogP contribution is -2.14. The van der Waals surface area contributed by atoms with Gasteiger partial charge in [-0.15, -0.1) is 0 Å². The second-order valence-electron chi connectivity index (χ2n) is 13.9. The van der Waals surface area contributed by atoms with E-state index in [1.54, 1.807) is 0 Å². The smallest absolute Gasteiger partial charge is 0.155 e. The molecule has 248 valence electrons. The topological polar surface area (TPSA) is 6.48 Å². The number of aryl methyl sites for hydroxylation is 1. The Morgan fingerprint density at radius 3 is 1.92 bits per heavy atom. The monoisotopic (exact) mass is 670 g/mol. The predicted octanol–water partition coefficient (Wildman–Crippen LogP) is 13.5. The summed E-state index contributed by atoms with van der Waals surface area (Å²) in [6, 6.07) is 59.2. The van der Waals surface area contributed by atoms with E-state index in [9.17, 15) is 0 Å². The third-order valence-electron chi connectivity index (χ3n) is 10.8. The molecule has 0 unspecified atom stereocenters. The van der Waals surface area contributed by atoms with Crippen LogP contribution in [0.4, 0.5) is 32.8 Å². The lowest BCUT2D eigenvalue weighted by molar-refractivity contribution is 0.632. The molecule has 0 radical (unpaired) electrons. The van der Waals surface area contributed by atoms with Crippen molar-refractivity contribution in [3.8, 4) is 22.3 Å². The molecule has 2 nitrogen and oxygen atoms in total. The number of hydrogen-bond acceptors (Lipinski definition) is 2. The Hall–Kier alpha value is -6.45. The lowest BCUT2D eigenvalue weighted by Gasteiger charge is -2.29. The summed E-state index contributed by atoms with van der Waals surface area (Å²) >= 11 is 0. The summed E-state index contributed by atoms with van der Waals surface area (Å²) in [7, 11) is 0. The van der Waals surface area contributed by atoms with Crippen LogP contribution in [0.1, 0.15) is 11.1 Å². The van der Waals surface area contributed by atoms with Gasteiger partial charge in [0.15, 0.2) is 5.82 Å². The van der Waals surface area contributed by atoms with Gasteiger partial charge in [0.2, 0.25) is 0 Å². The second-order valence-corrected chi connectivity index (χ2v) is 13.9. The molecule has 0 saturated carbocycles. The number of fused-ring (bicyclic) bond motifs is 1. The van der Waals surface area contributed by atoms with Crippen molar-refractivity contribution in [2.24, 2.45) is 0 Å². The van der Waals surface area contributed by atoms with Crippen molar-refractivity contribution >= 4 is 60.8 Å². The van der Waals surface area contributed by atoms with Crippen LogP contribution in [0, 0.1) is 12.7 Å². The highest BCUT2D eigenvalue weighted by Crippen LogP contribution is 2.48. The van der Waals surface area contributed by atoms with E-state index in [1.807, 2.05) is 60.7 Å². The van der Waals surface area contributed by atoms with Gasteiger partial charge in [-0.2, -0.15) is 0 Å². The van der Waals surface area contributed by atoms with Crippen LogP contribution in [0.5, 0.6) is 0 Å². The van der Waals surface area contributed by atoms with E-state index < -0.39 is 0 Å². The number of nitrogens with zero attached hydrogens (tertiary/aromatic N) is 2. The number of halogens is 1. The van der Waals surface area contributed by atoms with Crippen LogP contribution in [0.15, 0.2) is 170 Å². The zero-order valence-corrected chi connectivity index (χ0v) is 28.9. The summed E-state index contributed by atoms with van der Waals surface area (Å²) in [5, 5.41) is 7.12. The number of para-hydroxylation sites is 1. The predicted molar refractivity (Wildman–Crippen MR) is 218 cm³/mol. The fraction of sp³-hybridized carbons (Fsp3) is 0.0612. The van der Waals surface area contributed by atoms with Gasteiger partial charge >= 0.3 is 0 Å². The molecule has 0 aliphatic carbocycles. The summed E-state index contributed by atoms with van der Waals surface area (Å²) in [5.41, 5.74) is 10.8. The zero-order valence-electron chi connectivity index (χ0n) is 28.9. The highest BCUT2D eigenvalue weighted by molar-refractivity contribution is 6.28. The van der Waals surface area contributed by atoms with E-state index >= 15 is 4.39 Å². The first-order valence-electron chi connectivity index (χ1n) is 18.0. The van der Waals surface area contributed by atoms with Crippen LogP contribution < -0.4 is 9.80 Å². The minimum absolute atomic E-state index is 0.257. The van der Waals surface area contributed by atoms with E-state index in [0.29, 0.717) is 11.3 Å². The quantitative estimate of drug-likeness (QED) is 0.163. The molecule has 1 aliphatic heterocycles. The summed E-state index contributed by atoms with van der Waals surface area (Å²) in [5.74, 6) is -0.257. The summed E-state index contributed by atoms with van der Waals surface area (Å²) in [6.45, 7) is 3.04. The third kappa shape index (κ3) is 4.85. The van der Waals surface area contributed by atoms with Gasteiger partial charge in [-0.3, -0.25) is 0 Å². The van der Waals surface area contributed by atoms with Crippen LogP contribution >= 0.6 is 0 Å². The van der Waals surface area contributed by atoms with E-state index in [-0.39, 0.29) is 5.82 Å². The molecular formula is C49H35FN2. The molecule has 0 amide bonds. The standard InChI is InChI=1S/C49H35FN2/c1-32-16-22-39(23-17-32)52(46-31-38(33-10-4-2-5-11-33)30-42(49(46)50)34-12-6-3-7-13-34)45-27-21-37-18-24-40-44(51-29-28-35-14-8-9-15-43(35)51)26-20-36-19-25-41(45)48(37)47(36)40/h2-27,30-31H,28-29H2,1H3. The molecule has 0 bridgehead atoms. The fourth-order valence-electron chi connectivity index (χ4n) is 8.29. The van der Waals surface area contributed by atoms with Crippen molar-refractivity contribution in [3.05, 3.63) is 187 Å². The van der Waals surface area contributed by atoms with E-state index in [2.05, 4.69) is 126 Å². The van der Waals surface area contributed by atoms with Crippen LogP contribution in [-0.2, 0) is 6.42 Å². The van der Waals surface area contributed by atoms with Crippen molar-refractivity contribution in [1.29, 1.82) is 0 Å². The van der Waals surface area contributed by atoms with E-state index in [4.69, 9.17) is 0 Å². The second kappa shape index (κ2) is 12.1. The molecule has 0 atom stereocenters. The Kier molecular flexibility index (Phi) is 7.07. The minimum Gasteiger partial charge on any atom is -0.340 e. The van der Waals surface area contributed by atoms with E-state index in [1.165, 1.54) is 43.9 Å². The lowest BCUT2D eigenvalue weighted by atomic mass is 9.91. The van der Waals surface area contributed by atoms with Gasteiger partial charge in [0.1, 0.15) is 0 Å². The minimum atomic E-state index is -0.257. The van der Waals surface area contributed by atoms with Gasteiger partial charge in [0.25, 0.3) is 0 Å². The maximum absolute atomic E-state index is 17.5. The molecule has 0 fully saturated rings. The summed E-state index contributed by atoms with van der Waals surface area (Å²) in [4.78, 5) is 4.59. The fourth-order valence-corrected chi connectivity index (χ4v) is 8.29. The first-order valence-corrected chi connectivity index (χ1v) is 18.0. The highest BCUT2D eigenvalue weighted by Gasteiger charge is 2.26. The first-order chi connectivity index (χ1) is 25.6. The Morgan fingerprint density at radius 1 is 0.519 bits per heavy atom. The van der Waals surface area contributed by atoms with Crippen LogP contribution in [0.2, 0.25) is 0 Å². The Labute approximate surface area is 303 Å². The molecule has 10 rings (SSSR count). The van der Waals surface area contributed by atoms with Crippen LogP contribution in [-0.4, -0.2) is 6.54 Å². The first kappa shape index (κ1) is 30.4. The van der Waals surface area contributed by atoms with Crippen molar-refractivity contribution in [2.75, 3.05) is 16.3 Å².